The van der Waals surface area contributed by atoms with Gasteiger partial charge < -0.3 is 5.32 Å². The Balaban J connectivity index is 1.49. The van der Waals surface area contributed by atoms with Crippen LogP contribution in [0.3, 0.4) is 0 Å². The summed E-state index contributed by atoms with van der Waals surface area (Å²) >= 11 is 0. The summed E-state index contributed by atoms with van der Waals surface area (Å²) in [5, 5.41) is 2.88. The van der Waals surface area contributed by atoms with Gasteiger partial charge in [-0.3, -0.25) is 19.3 Å². The van der Waals surface area contributed by atoms with E-state index in [2.05, 4.69) is 17.5 Å². The van der Waals surface area contributed by atoms with Gasteiger partial charge in [0.05, 0.1) is 11.8 Å². The van der Waals surface area contributed by atoms with Crippen LogP contribution in [0.15, 0.2) is 24.3 Å². The van der Waals surface area contributed by atoms with E-state index in [-0.39, 0.29) is 47.9 Å². The van der Waals surface area contributed by atoms with E-state index >= 15 is 0 Å². The van der Waals surface area contributed by atoms with Crippen LogP contribution < -0.4 is 5.32 Å². The number of amides is 3. The number of rotatable bonds is 3. The molecule has 0 aromatic heterocycles. The fraction of sp³-hybridized carbons (Fsp3) is 0.450. The average Bonchev–Trinajstić information content (AvgIpc) is 3.21. The van der Waals surface area contributed by atoms with E-state index < -0.39 is 0 Å². The number of hydrogen-bond acceptors (Lipinski definition) is 3. The van der Waals surface area contributed by atoms with Crippen molar-refractivity contribution in [1.82, 2.24) is 4.90 Å². The lowest BCUT2D eigenvalue weighted by Crippen LogP contribution is -2.39. The molecule has 4 unspecified atom stereocenters. The second-order valence-corrected chi connectivity index (χ2v) is 7.58. The molecule has 1 aromatic carbocycles. The molecule has 4 rings (SSSR count). The molecule has 2 aliphatic carbocycles. The van der Waals surface area contributed by atoms with Gasteiger partial charge in [0.1, 0.15) is 6.54 Å². The van der Waals surface area contributed by atoms with E-state index in [1.165, 1.54) is 0 Å². The van der Waals surface area contributed by atoms with Crippen LogP contribution in [-0.2, 0) is 14.4 Å². The first-order valence-corrected chi connectivity index (χ1v) is 8.78. The van der Waals surface area contributed by atoms with Crippen molar-refractivity contribution in [3.63, 3.8) is 0 Å². The van der Waals surface area contributed by atoms with Crippen molar-refractivity contribution < 1.29 is 14.4 Å². The normalized spacial score (nSPS) is 29.5. The minimum absolute atomic E-state index is 0.168. The molecular formula is C20H22N2O3. The van der Waals surface area contributed by atoms with Crippen LogP contribution in [0.5, 0.6) is 0 Å². The van der Waals surface area contributed by atoms with Crippen LogP contribution in [0.1, 0.15) is 23.1 Å². The number of aryl methyl sites for hydroxylation is 3. The number of imide groups is 1. The van der Waals surface area contributed by atoms with Crippen LogP contribution in [-0.4, -0.2) is 29.2 Å². The minimum Gasteiger partial charge on any atom is -0.324 e. The monoisotopic (exact) mass is 338 g/mol. The molecule has 1 N–H and O–H groups in total. The number of carbonyl (C=O) groups is 3. The Labute approximate surface area is 147 Å². The molecule has 5 heteroatoms. The SMILES string of the molecule is Cc1cc(C)c(NC(=O)CN2C(=O)C3C4C=CC(C4)C3C2=O)c(C)c1. The van der Waals surface area contributed by atoms with Gasteiger partial charge in [0.2, 0.25) is 17.7 Å². The number of fused-ring (bicyclic) bond motifs is 5. The molecule has 3 aliphatic rings. The Morgan fingerprint density at radius 2 is 1.56 bits per heavy atom. The summed E-state index contributed by atoms with van der Waals surface area (Å²) in [6.45, 7) is 5.69. The molecule has 0 spiro atoms. The number of hydrogen-bond donors (Lipinski definition) is 1. The molecule has 0 radical (unpaired) electrons. The summed E-state index contributed by atoms with van der Waals surface area (Å²) in [6, 6.07) is 4.01. The van der Waals surface area contributed by atoms with Crippen molar-refractivity contribution in [2.75, 3.05) is 11.9 Å². The van der Waals surface area contributed by atoms with E-state index in [1.807, 2.05) is 32.9 Å². The number of carbonyl (C=O) groups excluding carboxylic acids is 3. The highest BCUT2D eigenvalue weighted by atomic mass is 16.2. The largest absolute Gasteiger partial charge is 0.324 e. The molecule has 4 atom stereocenters. The average molecular weight is 338 g/mol. The van der Waals surface area contributed by atoms with Crippen LogP contribution in [0.4, 0.5) is 5.69 Å². The first kappa shape index (κ1) is 16.1. The van der Waals surface area contributed by atoms with E-state index in [1.54, 1.807) is 0 Å². The third-order valence-corrected chi connectivity index (χ3v) is 5.80. The highest BCUT2D eigenvalue weighted by Crippen LogP contribution is 2.52. The van der Waals surface area contributed by atoms with Crippen LogP contribution in [0.2, 0.25) is 0 Å². The van der Waals surface area contributed by atoms with Gasteiger partial charge in [0, 0.05) is 5.69 Å². The fourth-order valence-electron chi connectivity index (χ4n) is 4.82. The molecule has 1 aromatic rings. The molecule has 130 valence electrons. The van der Waals surface area contributed by atoms with E-state index in [9.17, 15) is 14.4 Å². The summed E-state index contributed by atoms with van der Waals surface area (Å²) in [7, 11) is 0. The van der Waals surface area contributed by atoms with Gasteiger partial charge in [0.15, 0.2) is 0 Å². The van der Waals surface area contributed by atoms with Gasteiger partial charge in [-0.15, -0.1) is 0 Å². The second kappa shape index (κ2) is 5.55. The van der Waals surface area contributed by atoms with Crippen molar-refractivity contribution in [2.24, 2.45) is 23.7 Å². The zero-order chi connectivity index (χ0) is 17.9. The number of anilines is 1. The van der Waals surface area contributed by atoms with Gasteiger partial charge in [-0.2, -0.15) is 0 Å². The Morgan fingerprint density at radius 3 is 2.08 bits per heavy atom. The van der Waals surface area contributed by atoms with Crippen LogP contribution in [0, 0.1) is 44.4 Å². The van der Waals surface area contributed by atoms with Crippen LogP contribution in [0.25, 0.3) is 0 Å². The van der Waals surface area contributed by atoms with Crippen molar-refractivity contribution in [2.45, 2.75) is 27.2 Å². The van der Waals surface area contributed by atoms with Crippen molar-refractivity contribution in [3.8, 4) is 0 Å². The fourth-order valence-corrected chi connectivity index (χ4v) is 4.82. The van der Waals surface area contributed by atoms with E-state index in [0.717, 1.165) is 33.7 Å². The quantitative estimate of drug-likeness (QED) is 0.680. The zero-order valence-corrected chi connectivity index (χ0v) is 14.7. The topological polar surface area (TPSA) is 66.5 Å². The van der Waals surface area contributed by atoms with E-state index in [0.29, 0.717) is 0 Å². The first-order valence-electron chi connectivity index (χ1n) is 8.78. The maximum Gasteiger partial charge on any atom is 0.244 e. The third-order valence-electron chi connectivity index (χ3n) is 5.80. The van der Waals surface area contributed by atoms with E-state index in [4.69, 9.17) is 0 Å². The Kier molecular flexibility index (Phi) is 3.56. The molecule has 1 saturated heterocycles. The summed E-state index contributed by atoms with van der Waals surface area (Å²) in [4.78, 5) is 38.9. The molecule has 3 amide bonds. The lowest BCUT2D eigenvalue weighted by Gasteiger charge is -2.18. The maximum atomic E-state index is 12.6. The highest BCUT2D eigenvalue weighted by molar-refractivity contribution is 6.09. The molecule has 2 fully saturated rings. The molecule has 1 saturated carbocycles. The summed E-state index contributed by atoms with van der Waals surface area (Å²) in [5.41, 5.74) is 3.85. The number of benzene rings is 1. The summed E-state index contributed by atoms with van der Waals surface area (Å²) in [5.74, 6) is -0.853. The summed E-state index contributed by atoms with van der Waals surface area (Å²) < 4.78 is 0. The van der Waals surface area contributed by atoms with Crippen molar-refractivity contribution >= 4 is 23.4 Å². The number of allylic oxidation sites excluding steroid dienone is 2. The Hall–Kier alpha value is -2.43. The molecule has 5 nitrogen and oxygen atoms in total. The van der Waals surface area contributed by atoms with Gasteiger partial charge in [-0.25, -0.2) is 0 Å². The highest BCUT2D eigenvalue weighted by Gasteiger charge is 2.59. The van der Waals surface area contributed by atoms with Gasteiger partial charge >= 0.3 is 0 Å². The number of nitrogens with zero attached hydrogens (tertiary/aromatic N) is 1. The maximum absolute atomic E-state index is 12.6. The van der Waals surface area contributed by atoms with Crippen LogP contribution >= 0.6 is 0 Å². The molecule has 2 bridgehead atoms. The Bertz CT molecular complexity index is 773. The standard InChI is InChI=1S/C20H22N2O3/c1-10-6-11(2)18(12(3)7-10)21-15(23)9-22-19(24)16-13-4-5-14(8-13)17(16)20(22)25/h4-7,13-14,16-17H,8-9H2,1-3H3,(H,21,23). The predicted molar refractivity (Wildman–Crippen MR) is 93.7 cm³/mol. The second-order valence-electron chi connectivity index (χ2n) is 7.58. The number of likely N-dealkylation sites (tertiary alicyclic amines) is 1. The third kappa shape index (κ3) is 2.41. The zero-order valence-electron chi connectivity index (χ0n) is 14.7. The smallest absolute Gasteiger partial charge is 0.244 e. The molecule has 1 heterocycles. The molecule has 1 aliphatic heterocycles. The first-order chi connectivity index (χ1) is 11.9. The molecular weight excluding hydrogens is 316 g/mol. The number of nitrogens with one attached hydrogen (secondary N) is 1. The minimum atomic E-state index is -0.322. The lowest BCUT2D eigenvalue weighted by atomic mass is 9.85. The lowest BCUT2D eigenvalue weighted by molar-refractivity contribution is -0.143. The van der Waals surface area contributed by atoms with Gasteiger partial charge in [-0.05, 0) is 50.2 Å². The Morgan fingerprint density at radius 1 is 1.04 bits per heavy atom. The molecule has 25 heavy (non-hydrogen) atoms. The predicted octanol–water partition coefficient (Wildman–Crippen LogP) is 2.36. The van der Waals surface area contributed by atoms with Crippen molar-refractivity contribution in [3.05, 3.63) is 41.0 Å². The summed E-state index contributed by atoms with van der Waals surface area (Å²) in [6.07, 6.45) is 5.01. The van der Waals surface area contributed by atoms with Crippen molar-refractivity contribution in [1.29, 1.82) is 0 Å². The van der Waals surface area contributed by atoms with Gasteiger partial charge in [-0.1, -0.05) is 29.8 Å². The van der Waals surface area contributed by atoms with Gasteiger partial charge in [0.25, 0.3) is 0 Å².